The van der Waals surface area contributed by atoms with Crippen LogP contribution in [0.3, 0.4) is 0 Å². The molecule has 1 aromatic rings. The van der Waals surface area contributed by atoms with Gasteiger partial charge in [0.15, 0.2) is 8.32 Å². The molecule has 7 heteroatoms. The first-order valence-electron chi connectivity index (χ1n) is 6.20. The van der Waals surface area contributed by atoms with Crippen LogP contribution in [0, 0.1) is 0 Å². The second kappa shape index (κ2) is 5.77. The quantitative estimate of drug-likeness (QED) is 0.666. The Bertz CT molecular complexity index is 483. The number of hydrogen-bond acceptors (Lipinski definition) is 2. The summed E-state index contributed by atoms with van der Waals surface area (Å²) in [4.78, 5) is 3.39. The van der Waals surface area contributed by atoms with Crippen molar-refractivity contribution in [2.45, 2.75) is 51.7 Å². The van der Waals surface area contributed by atoms with Gasteiger partial charge in [0, 0.05) is 10.7 Å². The summed E-state index contributed by atoms with van der Waals surface area (Å²) in [6, 6.07) is 1.04. The predicted octanol–water partition coefficient (Wildman–Crippen LogP) is 5.38. The molecule has 0 saturated carbocycles. The van der Waals surface area contributed by atoms with E-state index in [1.54, 1.807) is 0 Å². The normalized spacial score (nSPS) is 13.7. The van der Waals surface area contributed by atoms with Crippen LogP contribution < -0.4 is 0 Å². The minimum absolute atomic E-state index is 0.0133. The van der Waals surface area contributed by atoms with Gasteiger partial charge >= 0.3 is 6.18 Å². The smallest absolute Gasteiger partial charge is 0.413 e. The zero-order chi connectivity index (χ0) is 15.8. The molecule has 2 nitrogen and oxygen atoms in total. The van der Waals surface area contributed by atoms with Crippen LogP contribution in [-0.2, 0) is 17.2 Å². The summed E-state index contributed by atoms with van der Waals surface area (Å²) in [5, 5.41) is 0.0133. The number of pyridine rings is 1. The van der Waals surface area contributed by atoms with Gasteiger partial charge in [-0.2, -0.15) is 13.2 Å². The topological polar surface area (TPSA) is 22.1 Å². The number of hydrogen-bond donors (Lipinski definition) is 0. The first-order valence-corrected chi connectivity index (χ1v) is 9.90. The molecule has 0 bridgehead atoms. The monoisotopic (exact) mass is 369 g/mol. The number of halogens is 4. The van der Waals surface area contributed by atoms with E-state index >= 15 is 0 Å². The molecule has 0 aliphatic heterocycles. The van der Waals surface area contributed by atoms with Gasteiger partial charge < -0.3 is 4.43 Å². The Morgan fingerprint density at radius 3 is 2.25 bits per heavy atom. The van der Waals surface area contributed by atoms with Crippen molar-refractivity contribution in [3.05, 3.63) is 28.0 Å². The molecule has 0 fully saturated rings. The van der Waals surface area contributed by atoms with Gasteiger partial charge in [0.2, 0.25) is 0 Å². The van der Waals surface area contributed by atoms with E-state index in [4.69, 9.17) is 4.43 Å². The highest BCUT2D eigenvalue weighted by atomic mass is 79.9. The molecule has 0 N–H and O–H groups in total. The first-order chi connectivity index (χ1) is 8.84. The SMILES string of the molecule is CC(C)(C)[Si](C)(C)OCc1cc(C(F)(F)F)ncc1Br. The van der Waals surface area contributed by atoms with Gasteiger partial charge in [0.25, 0.3) is 0 Å². The maximum Gasteiger partial charge on any atom is 0.433 e. The fourth-order valence-corrected chi connectivity index (χ4v) is 2.50. The Balaban J connectivity index is 2.94. The summed E-state index contributed by atoms with van der Waals surface area (Å²) >= 11 is 3.22. The van der Waals surface area contributed by atoms with E-state index in [2.05, 4.69) is 54.8 Å². The molecule has 1 heterocycles. The van der Waals surface area contributed by atoms with Gasteiger partial charge in [-0.3, -0.25) is 4.98 Å². The molecule has 0 atom stereocenters. The van der Waals surface area contributed by atoms with Crippen molar-refractivity contribution in [2.24, 2.45) is 0 Å². The lowest BCUT2D eigenvalue weighted by Crippen LogP contribution is -2.40. The Hall–Kier alpha value is -0.403. The van der Waals surface area contributed by atoms with Crippen molar-refractivity contribution in [1.29, 1.82) is 0 Å². The van der Waals surface area contributed by atoms with E-state index in [0.29, 0.717) is 10.0 Å². The van der Waals surface area contributed by atoms with Crippen molar-refractivity contribution < 1.29 is 17.6 Å². The Kier molecular flexibility index (Phi) is 5.09. The largest absolute Gasteiger partial charge is 0.433 e. The predicted molar refractivity (Wildman–Crippen MR) is 78.9 cm³/mol. The zero-order valence-electron chi connectivity index (χ0n) is 12.2. The van der Waals surface area contributed by atoms with E-state index < -0.39 is 20.2 Å². The van der Waals surface area contributed by atoms with Gasteiger partial charge in [0.05, 0.1) is 6.61 Å². The standard InChI is InChI=1S/C13H19BrF3NOSi/c1-12(2,3)20(4,5)19-8-9-6-11(13(15,16)17)18-7-10(9)14/h6-7H,8H2,1-5H3. The highest BCUT2D eigenvalue weighted by molar-refractivity contribution is 9.10. The number of alkyl halides is 3. The highest BCUT2D eigenvalue weighted by Crippen LogP contribution is 2.38. The molecule has 20 heavy (non-hydrogen) atoms. The van der Waals surface area contributed by atoms with Crippen LogP contribution in [0.15, 0.2) is 16.7 Å². The fourth-order valence-electron chi connectivity index (χ4n) is 1.22. The molecule has 114 valence electrons. The third-order valence-corrected chi connectivity index (χ3v) is 8.81. The second-order valence-corrected chi connectivity index (χ2v) is 11.9. The molecular formula is C13H19BrF3NOSi. The number of aromatic nitrogens is 1. The Labute approximate surface area is 127 Å². The minimum Gasteiger partial charge on any atom is -0.413 e. The molecule has 0 saturated heterocycles. The second-order valence-electron chi connectivity index (χ2n) is 6.21. The van der Waals surface area contributed by atoms with E-state index in [9.17, 15) is 13.2 Å². The fraction of sp³-hybridized carbons (Fsp3) is 0.615. The maximum absolute atomic E-state index is 12.7. The van der Waals surface area contributed by atoms with Crippen molar-refractivity contribution in [3.63, 3.8) is 0 Å². The van der Waals surface area contributed by atoms with Gasteiger partial charge in [-0.15, -0.1) is 0 Å². The van der Waals surface area contributed by atoms with Crippen molar-refractivity contribution >= 4 is 24.2 Å². The summed E-state index contributed by atoms with van der Waals surface area (Å²) < 4.78 is 44.4. The first kappa shape index (κ1) is 17.6. The van der Waals surface area contributed by atoms with Crippen LogP contribution in [0.1, 0.15) is 32.0 Å². The summed E-state index contributed by atoms with van der Waals surface area (Å²) in [5.41, 5.74) is -0.424. The molecule has 0 spiro atoms. The zero-order valence-corrected chi connectivity index (χ0v) is 14.8. The van der Waals surface area contributed by atoms with Gasteiger partial charge in [-0.25, -0.2) is 0 Å². The lowest BCUT2D eigenvalue weighted by molar-refractivity contribution is -0.141. The van der Waals surface area contributed by atoms with Crippen LogP contribution in [0.2, 0.25) is 18.1 Å². The lowest BCUT2D eigenvalue weighted by Gasteiger charge is -2.36. The molecule has 0 amide bonds. The third kappa shape index (κ3) is 4.29. The molecule has 0 aliphatic rings. The van der Waals surface area contributed by atoms with Gasteiger partial charge in [-0.05, 0) is 45.7 Å². The maximum atomic E-state index is 12.7. The van der Waals surface area contributed by atoms with Crippen molar-refractivity contribution in [3.8, 4) is 0 Å². The molecule has 0 radical (unpaired) electrons. The summed E-state index contributed by atoms with van der Waals surface area (Å²) in [7, 11) is -2.00. The van der Waals surface area contributed by atoms with E-state index in [1.165, 1.54) is 6.20 Å². The van der Waals surface area contributed by atoms with E-state index in [1.807, 2.05) is 0 Å². The summed E-state index contributed by atoms with van der Waals surface area (Å²) in [6.07, 6.45) is -3.26. The van der Waals surface area contributed by atoms with Crippen LogP contribution in [0.5, 0.6) is 0 Å². The summed E-state index contributed by atoms with van der Waals surface area (Å²) in [5.74, 6) is 0. The van der Waals surface area contributed by atoms with Gasteiger partial charge in [0.1, 0.15) is 5.69 Å². The van der Waals surface area contributed by atoms with E-state index in [0.717, 1.165) is 6.07 Å². The Morgan fingerprint density at radius 2 is 1.80 bits per heavy atom. The minimum atomic E-state index is -4.44. The molecule has 0 aromatic carbocycles. The number of nitrogens with zero attached hydrogens (tertiary/aromatic N) is 1. The van der Waals surface area contributed by atoms with Crippen LogP contribution in [0.4, 0.5) is 13.2 Å². The molecule has 1 rings (SSSR count). The molecule has 0 aliphatic carbocycles. The molecular weight excluding hydrogens is 351 g/mol. The highest BCUT2D eigenvalue weighted by Gasteiger charge is 2.37. The van der Waals surface area contributed by atoms with Crippen LogP contribution >= 0.6 is 15.9 Å². The molecule has 1 aromatic heterocycles. The van der Waals surface area contributed by atoms with Crippen LogP contribution in [-0.4, -0.2) is 13.3 Å². The Morgan fingerprint density at radius 1 is 1.25 bits per heavy atom. The average molecular weight is 370 g/mol. The van der Waals surface area contributed by atoms with E-state index in [-0.39, 0.29) is 11.6 Å². The lowest BCUT2D eigenvalue weighted by atomic mass is 10.2. The third-order valence-electron chi connectivity index (χ3n) is 3.62. The average Bonchev–Trinajstić information content (AvgIpc) is 2.24. The van der Waals surface area contributed by atoms with Crippen LogP contribution in [0.25, 0.3) is 0 Å². The number of rotatable bonds is 3. The van der Waals surface area contributed by atoms with Crippen molar-refractivity contribution in [2.75, 3.05) is 0 Å². The molecule has 0 unspecified atom stereocenters. The van der Waals surface area contributed by atoms with Gasteiger partial charge in [-0.1, -0.05) is 20.8 Å². The van der Waals surface area contributed by atoms with Crippen molar-refractivity contribution in [1.82, 2.24) is 4.98 Å². The summed E-state index contributed by atoms with van der Waals surface area (Å²) in [6.45, 7) is 10.5.